The highest BCUT2D eigenvalue weighted by atomic mass is 16.5. The number of aliphatic hydroxyl groups excluding tert-OH is 1. The maximum atomic E-state index is 11.2. The van der Waals surface area contributed by atoms with E-state index in [1.165, 1.54) is 13.3 Å². The van der Waals surface area contributed by atoms with Gasteiger partial charge in [0.05, 0.1) is 25.5 Å². The van der Waals surface area contributed by atoms with E-state index < -0.39 is 12.1 Å². The van der Waals surface area contributed by atoms with Gasteiger partial charge in [0.2, 0.25) is 0 Å². The summed E-state index contributed by atoms with van der Waals surface area (Å²) in [6, 6.07) is -0.0698. The molecule has 88 valence electrons. The van der Waals surface area contributed by atoms with Gasteiger partial charge in [-0.25, -0.2) is 9.48 Å². The van der Waals surface area contributed by atoms with Gasteiger partial charge in [-0.15, -0.1) is 5.10 Å². The standard InChI is InChI=1S/C10H15N3O3/c1-16-10(15)7-6-13(12-11-7)8-4-2-3-5-9(8)14/h6,8-9,14H,2-5H2,1H3/t8-,9-/m0/s1. The summed E-state index contributed by atoms with van der Waals surface area (Å²) in [4.78, 5) is 11.2. The van der Waals surface area contributed by atoms with Gasteiger partial charge in [0, 0.05) is 0 Å². The van der Waals surface area contributed by atoms with Crippen LogP contribution < -0.4 is 0 Å². The molecule has 0 radical (unpaired) electrons. The van der Waals surface area contributed by atoms with Crippen molar-refractivity contribution in [1.29, 1.82) is 0 Å². The first-order valence-electron chi connectivity index (χ1n) is 5.40. The van der Waals surface area contributed by atoms with Crippen molar-refractivity contribution in [1.82, 2.24) is 15.0 Å². The molecule has 1 aromatic heterocycles. The van der Waals surface area contributed by atoms with Crippen LogP contribution in [-0.4, -0.2) is 39.3 Å². The van der Waals surface area contributed by atoms with E-state index in [0.29, 0.717) is 0 Å². The molecule has 1 aromatic rings. The fraction of sp³-hybridized carbons (Fsp3) is 0.700. The number of hydrogen-bond donors (Lipinski definition) is 1. The van der Waals surface area contributed by atoms with Gasteiger partial charge in [0.1, 0.15) is 0 Å². The normalized spacial score (nSPS) is 25.4. The quantitative estimate of drug-likeness (QED) is 0.743. The molecule has 0 aliphatic heterocycles. The zero-order valence-corrected chi connectivity index (χ0v) is 9.17. The second-order valence-electron chi connectivity index (χ2n) is 3.99. The highest BCUT2D eigenvalue weighted by Crippen LogP contribution is 2.27. The van der Waals surface area contributed by atoms with Gasteiger partial charge < -0.3 is 9.84 Å². The molecule has 0 aromatic carbocycles. The Labute approximate surface area is 93.2 Å². The lowest BCUT2D eigenvalue weighted by Gasteiger charge is -2.26. The first-order chi connectivity index (χ1) is 7.72. The number of hydrogen-bond acceptors (Lipinski definition) is 5. The molecule has 6 heteroatoms. The van der Waals surface area contributed by atoms with Crippen molar-refractivity contribution in [3.05, 3.63) is 11.9 Å². The summed E-state index contributed by atoms with van der Waals surface area (Å²) in [6.07, 6.45) is 4.88. The number of carbonyl (C=O) groups is 1. The van der Waals surface area contributed by atoms with Gasteiger partial charge in [-0.2, -0.15) is 0 Å². The highest BCUT2D eigenvalue weighted by Gasteiger charge is 2.26. The Morgan fingerprint density at radius 1 is 1.56 bits per heavy atom. The molecular weight excluding hydrogens is 210 g/mol. The average Bonchev–Trinajstić information content (AvgIpc) is 2.78. The summed E-state index contributed by atoms with van der Waals surface area (Å²) in [7, 11) is 1.30. The second kappa shape index (κ2) is 4.61. The number of esters is 1. The van der Waals surface area contributed by atoms with Crippen molar-refractivity contribution in [3.63, 3.8) is 0 Å². The van der Waals surface area contributed by atoms with Crippen molar-refractivity contribution < 1.29 is 14.6 Å². The lowest BCUT2D eigenvalue weighted by Crippen LogP contribution is -2.27. The lowest BCUT2D eigenvalue weighted by molar-refractivity contribution is 0.0591. The lowest BCUT2D eigenvalue weighted by atomic mass is 9.93. The molecule has 0 bridgehead atoms. The molecular formula is C10H15N3O3. The zero-order chi connectivity index (χ0) is 11.5. The van der Waals surface area contributed by atoms with Crippen LogP contribution in [0.3, 0.4) is 0 Å². The topological polar surface area (TPSA) is 77.2 Å². The number of aromatic nitrogens is 3. The Hall–Kier alpha value is -1.43. The van der Waals surface area contributed by atoms with E-state index in [1.54, 1.807) is 4.68 Å². The molecule has 16 heavy (non-hydrogen) atoms. The van der Waals surface area contributed by atoms with Gasteiger partial charge in [-0.3, -0.25) is 0 Å². The largest absolute Gasteiger partial charge is 0.464 e. The van der Waals surface area contributed by atoms with Crippen LogP contribution in [0.5, 0.6) is 0 Å². The van der Waals surface area contributed by atoms with Gasteiger partial charge >= 0.3 is 5.97 Å². The molecule has 0 unspecified atom stereocenters. The van der Waals surface area contributed by atoms with Crippen LogP contribution in [0.4, 0.5) is 0 Å². The summed E-state index contributed by atoms with van der Waals surface area (Å²) in [5, 5.41) is 17.4. The monoisotopic (exact) mass is 225 g/mol. The predicted octanol–water partition coefficient (Wildman–Crippen LogP) is 0.541. The van der Waals surface area contributed by atoms with Gasteiger partial charge in [-0.1, -0.05) is 18.1 Å². The van der Waals surface area contributed by atoms with E-state index in [2.05, 4.69) is 15.0 Å². The van der Waals surface area contributed by atoms with Crippen LogP contribution in [0.25, 0.3) is 0 Å². The number of nitrogens with zero attached hydrogens (tertiary/aromatic N) is 3. The van der Waals surface area contributed by atoms with Gasteiger partial charge in [0.15, 0.2) is 5.69 Å². The van der Waals surface area contributed by atoms with Crippen LogP contribution in [0, 0.1) is 0 Å². The SMILES string of the molecule is COC(=O)c1cn([C@H]2CCCC[C@@H]2O)nn1. The van der Waals surface area contributed by atoms with Crippen molar-refractivity contribution in [3.8, 4) is 0 Å². The number of carbonyl (C=O) groups excluding carboxylic acids is 1. The first kappa shape index (κ1) is 11.1. The van der Waals surface area contributed by atoms with Gasteiger partial charge in [-0.05, 0) is 12.8 Å². The fourth-order valence-corrected chi connectivity index (χ4v) is 2.04. The molecule has 2 atom stereocenters. The summed E-state index contributed by atoms with van der Waals surface area (Å²) < 4.78 is 6.11. The summed E-state index contributed by atoms with van der Waals surface area (Å²) >= 11 is 0. The maximum Gasteiger partial charge on any atom is 0.360 e. The van der Waals surface area contributed by atoms with E-state index in [0.717, 1.165) is 25.7 Å². The molecule has 1 saturated carbocycles. The maximum absolute atomic E-state index is 11.2. The van der Waals surface area contributed by atoms with E-state index in [1.807, 2.05) is 0 Å². The fourth-order valence-electron chi connectivity index (χ4n) is 2.04. The third kappa shape index (κ3) is 2.06. The Morgan fingerprint density at radius 3 is 3.00 bits per heavy atom. The predicted molar refractivity (Wildman–Crippen MR) is 54.9 cm³/mol. The molecule has 0 amide bonds. The number of methoxy groups -OCH3 is 1. The van der Waals surface area contributed by atoms with Crippen LogP contribution >= 0.6 is 0 Å². The summed E-state index contributed by atoms with van der Waals surface area (Å²) in [5.74, 6) is -0.503. The average molecular weight is 225 g/mol. The summed E-state index contributed by atoms with van der Waals surface area (Å²) in [5.41, 5.74) is 0.181. The zero-order valence-electron chi connectivity index (χ0n) is 9.17. The van der Waals surface area contributed by atoms with E-state index >= 15 is 0 Å². The minimum Gasteiger partial charge on any atom is -0.464 e. The molecule has 0 spiro atoms. The molecule has 6 nitrogen and oxygen atoms in total. The highest BCUT2D eigenvalue weighted by molar-refractivity contribution is 5.86. The third-order valence-corrected chi connectivity index (χ3v) is 2.94. The van der Waals surface area contributed by atoms with Crippen molar-refractivity contribution >= 4 is 5.97 Å². The Balaban J connectivity index is 2.14. The third-order valence-electron chi connectivity index (χ3n) is 2.94. The number of rotatable bonds is 2. The molecule has 1 N–H and O–H groups in total. The minimum atomic E-state index is -0.503. The Morgan fingerprint density at radius 2 is 2.31 bits per heavy atom. The molecule has 0 saturated heterocycles. The molecule has 1 aliphatic rings. The van der Waals surface area contributed by atoms with E-state index in [9.17, 15) is 9.90 Å². The number of aliphatic hydroxyl groups is 1. The summed E-state index contributed by atoms with van der Waals surface area (Å²) in [6.45, 7) is 0. The smallest absolute Gasteiger partial charge is 0.360 e. The minimum absolute atomic E-state index is 0.0698. The Bertz CT molecular complexity index is 377. The second-order valence-corrected chi connectivity index (χ2v) is 3.99. The van der Waals surface area contributed by atoms with Crippen molar-refractivity contribution in [2.45, 2.75) is 37.8 Å². The van der Waals surface area contributed by atoms with Crippen LogP contribution in [-0.2, 0) is 4.74 Å². The number of ether oxygens (including phenoxy) is 1. The van der Waals surface area contributed by atoms with Gasteiger partial charge in [0.25, 0.3) is 0 Å². The molecule has 1 aliphatic carbocycles. The molecule has 1 fully saturated rings. The van der Waals surface area contributed by atoms with E-state index in [4.69, 9.17) is 0 Å². The van der Waals surface area contributed by atoms with Crippen LogP contribution in [0.1, 0.15) is 42.2 Å². The molecule has 2 rings (SSSR count). The molecule has 1 heterocycles. The van der Waals surface area contributed by atoms with Crippen LogP contribution in [0.2, 0.25) is 0 Å². The van der Waals surface area contributed by atoms with Crippen molar-refractivity contribution in [2.24, 2.45) is 0 Å². The first-order valence-corrected chi connectivity index (χ1v) is 5.40. The van der Waals surface area contributed by atoms with Crippen molar-refractivity contribution in [2.75, 3.05) is 7.11 Å². The van der Waals surface area contributed by atoms with Crippen LogP contribution in [0.15, 0.2) is 6.20 Å². The Kier molecular flexibility index (Phi) is 3.19. The van der Waals surface area contributed by atoms with E-state index in [-0.39, 0.29) is 11.7 Å².